The predicted molar refractivity (Wildman–Crippen MR) is 71.7 cm³/mol. The standard InChI is InChI=1S/C15H19NO3/c1-19-15(18)12-7-9-13(10-8-12)16-14(17)11-5-3-2-4-6-11/h2-6,12-13H,7-10H2,1H3,(H,16,17)/t12-,13+. The molecule has 1 aromatic carbocycles. The number of benzene rings is 1. The molecule has 0 heterocycles. The summed E-state index contributed by atoms with van der Waals surface area (Å²) >= 11 is 0. The van der Waals surface area contributed by atoms with Crippen LogP contribution in [0.2, 0.25) is 0 Å². The highest BCUT2D eigenvalue weighted by Crippen LogP contribution is 2.25. The van der Waals surface area contributed by atoms with E-state index in [9.17, 15) is 9.59 Å². The molecule has 19 heavy (non-hydrogen) atoms. The Morgan fingerprint density at radius 1 is 1.11 bits per heavy atom. The number of nitrogens with one attached hydrogen (secondary N) is 1. The smallest absolute Gasteiger partial charge is 0.308 e. The Bertz CT molecular complexity index is 436. The molecule has 0 saturated heterocycles. The van der Waals surface area contributed by atoms with E-state index in [1.807, 2.05) is 18.2 Å². The topological polar surface area (TPSA) is 55.4 Å². The van der Waals surface area contributed by atoms with Crippen LogP contribution in [0.5, 0.6) is 0 Å². The third kappa shape index (κ3) is 3.56. The molecular formula is C15H19NO3. The highest BCUT2D eigenvalue weighted by Gasteiger charge is 2.27. The molecule has 1 amide bonds. The van der Waals surface area contributed by atoms with Crippen LogP contribution in [0, 0.1) is 5.92 Å². The first-order chi connectivity index (χ1) is 9.20. The van der Waals surface area contributed by atoms with Gasteiger partial charge in [-0.15, -0.1) is 0 Å². The first kappa shape index (κ1) is 13.6. The zero-order chi connectivity index (χ0) is 13.7. The van der Waals surface area contributed by atoms with Gasteiger partial charge in [0, 0.05) is 11.6 Å². The number of carbonyl (C=O) groups excluding carboxylic acids is 2. The van der Waals surface area contributed by atoms with Gasteiger partial charge >= 0.3 is 5.97 Å². The molecule has 1 aliphatic carbocycles. The van der Waals surface area contributed by atoms with Crippen LogP contribution in [0.1, 0.15) is 36.0 Å². The van der Waals surface area contributed by atoms with E-state index in [1.54, 1.807) is 12.1 Å². The van der Waals surface area contributed by atoms with Crippen LogP contribution in [-0.4, -0.2) is 25.0 Å². The third-order valence-corrected chi connectivity index (χ3v) is 3.63. The fraction of sp³-hybridized carbons (Fsp3) is 0.467. The molecule has 1 aromatic rings. The van der Waals surface area contributed by atoms with E-state index in [4.69, 9.17) is 4.74 Å². The number of hydrogen-bond donors (Lipinski definition) is 1. The van der Waals surface area contributed by atoms with E-state index in [2.05, 4.69) is 5.32 Å². The molecule has 1 aliphatic rings. The van der Waals surface area contributed by atoms with Crippen molar-refractivity contribution in [3.05, 3.63) is 35.9 Å². The SMILES string of the molecule is COC(=O)[C@H]1CC[C@@H](NC(=O)c2ccccc2)CC1. The summed E-state index contributed by atoms with van der Waals surface area (Å²) in [4.78, 5) is 23.4. The van der Waals surface area contributed by atoms with Gasteiger partial charge in [-0.2, -0.15) is 0 Å². The molecular weight excluding hydrogens is 242 g/mol. The predicted octanol–water partition coefficient (Wildman–Crippen LogP) is 2.15. The summed E-state index contributed by atoms with van der Waals surface area (Å²) in [5.41, 5.74) is 0.678. The largest absolute Gasteiger partial charge is 0.469 e. The number of esters is 1. The summed E-state index contributed by atoms with van der Waals surface area (Å²) in [5.74, 6) is -0.176. The molecule has 1 saturated carbocycles. The van der Waals surface area contributed by atoms with Crippen LogP contribution in [0.25, 0.3) is 0 Å². The van der Waals surface area contributed by atoms with Gasteiger partial charge in [0.1, 0.15) is 0 Å². The van der Waals surface area contributed by atoms with E-state index in [0.29, 0.717) is 5.56 Å². The second kappa shape index (κ2) is 6.36. The Balaban J connectivity index is 1.83. The summed E-state index contributed by atoms with van der Waals surface area (Å²) in [6.07, 6.45) is 3.23. The highest BCUT2D eigenvalue weighted by atomic mass is 16.5. The molecule has 2 rings (SSSR count). The molecule has 1 fully saturated rings. The van der Waals surface area contributed by atoms with Crippen molar-refractivity contribution in [1.82, 2.24) is 5.32 Å². The van der Waals surface area contributed by atoms with E-state index in [-0.39, 0.29) is 23.8 Å². The molecule has 0 aromatic heterocycles. The maximum absolute atomic E-state index is 12.0. The maximum Gasteiger partial charge on any atom is 0.308 e. The minimum Gasteiger partial charge on any atom is -0.469 e. The van der Waals surface area contributed by atoms with Crippen LogP contribution < -0.4 is 5.32 Å². The highest BCUT2D eigenvalue weighted by molar-refractivity contribution is 5.94. The van der Waals surface area contributed by atoms with Crippen LogP contribution in [-0.2, 0) is 9.53 Å². The first-order valence-corrected chi connectivity index (χ1v) is 6.64. The van der Waals surface area contributed by atoms with Gasteiger partial charge < -0.3 is 10.1 Å². The number of ether oxygens (including phenoxy) is 1. The maximum atomic E-state index is 12.0. The van der Waals surface area contributed by atoms with Gasteiger partial charge in [0.15, 0.2) is 0 Å². The molecule has 0 atom stereocenters. The lowest BCUT2D eigenvalue weighted by Crippen LogP contribution is -2.38. The van der Waals surface area contributed by atoms with Crippen molar-refractivity contribution in [2.24, 2.45) is 5.92 Å². The molecule has 4 heteroatoms. The van der Waals surface area contributed by atoms with Gasteiger partial charge in [0.2, 0.25) is 0 Å². The lowest BCUT2D eigenvalue weighted by atomic mass is 9.86. The average Bonchev–Trinajstić information content (AvgIpc) is 2.48. The van der Waals surface area contributed by atoms with Crippen molar-refractivity contribution in [1.29, 1.82) is 0 Å². The van der Waals surface area contributed by atoms with Gasteiger partial charge in [-0.05, 0) is 37.8 Å². The zero-order valence-electron chi connectivity index (χ0n) is 11.1. The van der Waals surface area contributed by atoms with Crippen LogP contribution >= 0.6 is 0 Å². The number of rotatable bonds is 3. The Hall–Kier alpha value is -1.84. The Labute approximate surface area is 113 Å². The normalized spacial score (nSPS) is 22.6. The summed E-state index contributed by atoms with van der Waals surface area (Å²) < 4.78 is 4.75. The number of amides is 1. The Morgan fingerprint density at radius 3 is 2.32 bits per heavy atom. The third-order valence-electron chi connectivity index (χ3n) is 3.63. The van der Waals surface area contributed by atoms with Crippen molar-refractivity contribution < 1.29 is 14.3 Å². The number of methoxy groups -OCH3 is 1. The second-order valence-corrected chi connectivity index (χ2v) is 4.91. The van der Waals surface area contributed by atoms with Crippen LogP contribution in [0.3, 0.4) is 0 Å². The lowest BCUT2D eigenvalue weighted by Gasteiger charge is -2.27. The quantitative estimate of drug-likeness (QED) is 0.848. The van der Waals surface area contributed by atoms with Gasteiger partial charge in [-0.1, -0.05) is 18.2 Å². The van der Waals surface area contributed by atoms with Crippen molar-refractivity contribution in [3.63, 3.8) is 0 Å². The summed E-state index contributed by atoms with van der Waals surface area (Å²) in [6, 6.07) is 9.35. The molecule has 102 valence electrons. The van der Waals surface area contributed by atoms with Crippen molar-refractivity contribution >= 4 is 11.9 Å². The van der Waals surface area contributed by atoms with Gasteiger partial charge in [-0.3, -0.25) is 9.59 Å². The zero-order valence-corrected chi connectivity index (χ0v) is 11.1. The second-order valence-electron chi connectivity index (χ2n) is 4.91. The summed E-state index contributed by atoms with van der Waals surface area (Å²) in [6.45, 7) is 0. The van der Waals surface area contributed by atoms with Crippen molar-refractivity contribution in [2.75, 3.05) is 7.11 Å². The van der Waals surface area contributed by atoms with Crippen LogP contribution in [0.4, 0.5) is 0 Å². The summed E-state index contributed by atoms with van der Waals surface area (Å²) in [7, 11) is 1.42. The lowest BCUT2D eigenvalue weighted by molar-refractivity contribution is -0.146. The number of carbonyl (C=O) groups is 2. The van der Waals surface area contributed by atoms with Crippen molar-refractivity contribution in [2.45, 2.75) is 31.7 Å². The molecule has 0 radical (unpaired) electrons. The fourth-order valence-corrected chi connectivity index (χ4v) is 2.50. The van der Waals surface area contributed by atoms with E-state index >= 15 is 0 Å². The minimum atomic E-state index is -0.132. The van der Waals surface area contributed by atoms with Crippen molar-refractivity contribution in [3.8, 4) is 0 Å². The van der Waals surface area contributed by atoms with E-state index in [1.165, 1.54) is 7.11 Å². The van der Waals surface area contributed by atoms with E-state index in [0.717, 1.165) is 25.7 Å². The molecule has 0 bridgehead atoms. The van der Waals surface area contributed by atoms with Gasteiger partial charge in [0.05, 0.1) is 13.0 Å². The average molecular weight is 261 g/mol. The van der Waals surface area contributed by atoms with Crippen LogP contribution in [0.15, 0.2) is 30.3 Å². The molecule has 0 spiro atoms. The van der Waals surface area contributed by atoms with E-state index < -0.39 is 0 Å². The monoisotopic (exact) mass is 261 g/mol. The minimum absolute atomic E-state index is 0.00474. The Kier molecular flexibility index (Phi) is 4.55. The fourth-order valence-electron chi connectivity index (χ4n) is 2.50. The number of hydrogen-bond acceptors (Lipinski definition) is 3. The van der Waals surface area contributed by atoms with Gasteiger partial charge in [0.25, 0.3) is 5.91 Å². The van der Waals surface area contributed by atoms with Gasteiger partial charge in [-0.25, -0.2) is 0 Å². The molecule has 0 unspecified atom stereocenters. The molecule has 1 N–H and O–H groups in total. The molecule has 0 aliphatic heterocycles. The summed E-state index contributed by atoms with van der Waals surface area (Å²) in [5, 5.41) is 3.02. The Morgan fingerprint density at radius 2 is 1.74 bits per heavy atom. The molecule has 4 nitrogen and oxygen atoms in total. The first-order valence-electron chi connectivity index (χ1n) is 6.64.